The molecule has 0 aliphatic rings. The van der Waals surface area contributed by atoms with Gasteiger partial charge in [0.05, 0.1) is 4.92 Å². The molecule has 0 aromatic heterocycles. The van der Waals surface area contributed by atoms with Crippen molar-refractivity contribution in [3.05, 3.63) is 39.4 Å². The van der Waals surface area contributed by atoms with Crippen LogP contribution in [0.3, 0.4) is 0 Å². The van der Waals surface area contributed by atoms with E-state index in [0.29, 0.717) is 11.5 Å². The van der Waals surface area contributed by atoms with Gasteiger partial charge in [-0.3, -0.25) is 14.9 Å². The van der Waals surface area contributed by atoms with Crippen LogP contribution in [-0.2, 0) is 9.53 Å². The van der Waals surface area contributed by atoms with Gasteiger partial charge in [-0.1, -0.05) is 38.8 Å². The van der Waals surface area contributed by atoms with E-state index < -0.39 is 23.4 Å². The smallest absolute Gasteiger partial charge is 0.345 e. The Balaban J connectivity index is 2.53. The SMILES string of the molecule is Cc1cccc(C(=O)OCC(=O)NC(C)CCCC(C)C)c1[N+](=O)[O-]. The summed E-state index contributed by atoms with van der Waals surface area (Å²) < 4.78 is 4.92. The molecule has 0 saturated carbocycles. The van der Waals surface area contributed by atoms with Gasteiger partial charge in [0.15, 0.2) is 6.61 Å². The molecule has 0 heterocycles. The molecule has 0 bridgehead atoms. The number of hydrogen-bond acceptors (Lipinski definition) is 5. The summed E-state index contributed by atoms with van der Waals surface area (Å²) in [6.45, 7) is 7.27. The lowest BCUT2D eigenvalue weighted by Crippen LogP contribution is -2.35. The first-order valence-electron chi connectivity index (χ1n) is 8.42. The zero-order chi connectivity index (χ0) is 19.0. The standard InChI is InChI=1S/C18H26N2O5/c1-12(2)7-5-9-14(4)19-16(21)11-25-18(22)15-10-6-8-13(3)17(15)20(23)24/h6,8,10,12,14H,5,7,9,11H2,1-4H3,(H,19,21). The highest BCUT2D eigenvalue weighted by Crippen LogP contribution is 2.23. The van der Waals surface area contributed by atoms with Crippen LogP contribution in [-0.4, -0.2) is 29.4 Å². The number of nitro groups is 1. The van der Waals surface area contributed by atoms with Crippen LogP contribution in [0.15, 0.2) is 18.2 Å². The van der Waals surface area contributed by atoms with E-state index in [2.05, 4.69) is 19.2 Å². The molecular formula is C18H26N2O5. The summed E-state index contributed by atoms with van der Waals surface area (Å²) in [6.07, 6.45) is 2.95. The van der Waals surface area contributed by atoms with Crippen molar-refractivity contribution in [2.75, 3.05) is 6.61 Å². The molecule has 7 heteroatoms. The topological polar surface area (TPSA) is 98.5 Å². The fourth-order valence-electron chi connectivity index (χ4n) is 2.50. The highest BCUT2D eigenvalue weighted by Gasteiger charge is 2.24. The number of carbonyl (C=O) groups is 2. The van der Waals surface area contributed by atoms with E-state index in [1.165, 1.54) is 12.1 Å². The molecule has 1 rings (SSSR count). The van der Waals surface area contributed by atoms with E-state index in [4.69, 9.17) is 4.74 Å². The van der Waals surface area contributed by atoms with E-state index in [1.807, 2.05) is 6.92 Å². The van der Waals surface area contributed by atoms with E-state index in [0.717, 1.165) is 19.3 Å². The van der Waals surface area contributed by atoms with E-state index in [9.17, 15) is 19.7 Å². The van der Waals surface area contributed by atoms with Gasteiger partial charge < -0.3 is 10.1 Å². The Kier molecular flexibility index (Phi) is 8.04. The Morgan fingerprint density at radius 2 is 1.92 bits per heavy atom. The van der Waals surface area contributed by atoms with Gasteiger partial charge in [0.25, 0.3) is 11.6 Å². The number of carbonyl (C=O) groups excluding carboxylic acids is 2. The van der Waals surface area contributed by atoms with E-state index >= 15 is 0 Å². The predicted octanol–water partition coefficient (Wildman–Crippen LogP) is 3.39. The minimum Gasteiger partial charge on any atom is -0.452 e. The quantitative estimate of drug-likeness (QED) is 0.418. The average molecular weight is 350 g/mol. The van der Waals surface area contributed by atoms with Gasteiger partial charge >= 0.3 is 5.97 Å². The van der Waals surface area contributed by atoms with Crippen LogP contribution in [0.5, 0.6) is 0 Å². The number of benzene rings is 1. The number of nitro benzene ring substituents is 1. The number of nitrogens with zero attached hydrogens (tertiary/aromatic N) is 1. The maximum absolute atomic E-state index is 12.1. The number of rotatable bonds is 9. The Labute approximate surface area is 147 Å². The predicted molar refractivity (Wildman–Crippen MR) is 94.4 cm³/mol. The number of amides is 1. The Morgan fingerprint density at radius 1 is 1.24 bits per heavy atom. The second-order valence-corrected chi connectivity index (χ2v) is 6.60. The van der Waals surface area contributed by atoms with Crippen LogP contribution in [0.4, 0.5) is 5.69 Å². The van der Waals surface area contributed by atoms with Crippen LogP contribution in [0.2, 0.25) is 0 Å². The second-order valence-electron chi connectivity index (χ2n) is 6.60. The molecule has 0 spiro atoms. The first-order chi connectivity index (χ1) is 11.7. The zero-order valence-corrected chi connectivity index (χ0v) is 15.2. The van der Waals surface area contributed by atoms with Crippen LogP contribution < -0.4 is 5.32 Å². The Bertz CT molecular complexity index is 628. The molecule has 1 amide bonds. The molecule has 0 aliphatic carbocycles. The van der Waals surface area contributed by atoms with Crippen LogP contribution >= 0.6 is 0 Å². The highest BCUT2D eigenvalue weighted by molar-refractivity contribution is 5.95. The molecule has 0 saturated heterocycles. The van der Waals surface area contributed by atoms with Gasteiger partial charge in [-0.25, -0.2) is 4.79 Å². The third-order valence-electron chi connectivity index (χ3n) is 3.80. The number of hydrogen-bond donors (Lipinski definition) is 1. The summed E-state index contributed by atoms with van der Waals surface area (Å²) in [5, 5.41) is 13.9. The van der Waals surface area contributed by atoms with Crippen molar-refractivity contribution in [2.24, 2.45) is 5.92 Å². The normalized spacial score (nSPS) is 11.9. The second kappa shape index (κ2) is 9.76. The van der Waals surface area contributed by atoms with Gasteiger partial charge in [-0.15, -0.1) is 0 Å². The fraction of sp³-hybridized carbons (Fsp3) is 0.556. The van der Waals surface area contributed by atoms with Gasteiger partial charge in [-0.2, -0.15) is 0 Å². The molecule has 1 aromatic carbocycles. The van der Waals surface area contributed by atoms with Crippen molar-refractivity contribution in [3.8, 4) is 0 Å². The summed E-state index contributed by atoms with van der Waals surface area (Å²) in [7, 11) is 0. The summed E-state index contributed by atoms with van der Waals surface area (Å²) in [5.41, 5.74) is -0.0829. The lowest BCUT2D eigenvalue weighted by atomic mass is 10.0. The molecule has 1 unspecified atom stereocenters. The molecule has 1 aromatic rings. The minimum atomic E-state index is -0.877. The first kappa shape index (κ1) is 20.6. The molecule has 1 atom stereocenters. The van der Waals surface area contributed by atoms with Crippen LogP contribution in [0.25, 0.3) is 0 Å². The summed E-state index contributed by atoms with van der Waals surface area (Å²) >= 11 is 0. The average Bonchev–Trinajstić information content (AvgIpc) is 2.51. The van der Waals surface area contributed by atoms with Gasteiger partial charge in [-0.05, 0) is 32.3 Å². The van der Waals surface area contributed by atoms with E-state index in [-0.39, 0.29) is 17.3 Å². The molecule has 7 nitrogen and oxygen atoms in total. The molecule has 1 N–H and O–H groups in total. The lowest BCUT2D eigenvalue weighted by Gasteiger charge is -2.14. The molecule has 0 aliphatic heterocycles. The van der Waals surface area contributed by atoms with E-state index in [1.54, 1.807) is 13.0 Å². The van der Waals surface area contributed by atoms with Crippen molar-refractivity contribution in [1.29, 1.82) is 0 Å². The highest BCUT2D eigenvalue weighted by atomic mass is 16.6. The lowest BCUT2D eigenvalue weighted by molar-refractivity contribution is -0.385. The minimum absolute atomic E-state index is 0.0155. The van der Waals surface area contributed by atoms with Gasteiger partial charge in [0, 0.05) is 11.6 Å². The Hall–Kier alpha value is -2.44. The maximum atomic E-state index is 12.1. The molecule has 138 valence electrons. The summed E-state index contributed by atoms with van der Waals surface area (Å²) in [5.74, 6) is -0.673. The number of esters is 1. The van der Waals surface area contributed by atoms with Crippen molar-refractivity contribution in [2.45, 2.75) is 53.0 Å². The number of aryl methyl sites for hydroxylation is 1. The third kappa shape index (κ3) is 6.91. The molecular weight excluding hydrogens is 324 g/mol. The molecule has 25 heavy (non-hydrogen) atoms. The summed E-state index contributed by atoms with van der Waals surface area (Å²) in [6, 6.07) is 4.38. The van der Waals surface area contributed by atoms with Crippen molar-refractivity contribution >= 4 is 17.6 Å². The number of ether oxygens (including phenoxy) is 1. The fourth-order valence-corrected chi connectivity index (χ4v) is 2.50. The number of para-hydroxylation sites is 1. The third-order valence-corrected chi connectivity index (χ3v) is 3.80. The molecule has 0 radical (unpaired) electrons. The number of nitrogens with one attached hydrogen (secondary N) is 1. The van der Waals surface area contributed by atoms with Crippen molar-refractivity contribution < 1.29 is 19.2 Å². The van der Waals surface area contributed by atoms with Crippen molar-refractivity contribution in [1.82, 2.24) is 5.32 Å². The zero-order valence-electron chi connectivity index (χ0n) is 15.2. The van der Waals surface area contributed by atoms with Crippen LogP contribution in [0.1, 0.15) is 56.0 Å². The van der Waals surface area contributed by atoms with Gasteiger partial charge in [0.2, 0.25) is 0 Å². The van der Waals surface area contributed by atoms with Crippen LogP contribution in [0, 0.1) is 23.0 Å². The molecule has 0 fully saturated rings. The maximum Gasteiger partial charge on any atom is 0.345 e. The Morgan fingerprint density at radius 3 is 2.52 bits per heavy atom. The monoisotopic (exact) mass is 350 g/mol. The van der Waals surface area contributed by atoms with Crippen molar-refractivity contribution in [3.63, 3.8) is 0 Å². The largest absolute Gasteiger partial charge is 0.452 e. The first-order valence-corrected chi connectivity index (χ1v) is 8.42. The summed E-state index contributed by atoms with van der Waals surface area (Å²) in [4.78, 5) is 34.4. The van der Waals surface area contributed by atoms with Gasteiger partial charge in [0.1, 0.15) is 5.56 Å².